The number of carbonyl (C=O) groups excluding carboxylic acids is 1. The van der Waals surface area contributed by atoms with Gasteiger partial charge in [-0.05, 0) is 63.4 Å². The summed E-state index contributed by atoms with van der Waals surface area (Å²) in [5.41, 5.74) is 10.9. The van der Waals surface area contributed by atoms with Crippen molar-refractivity contribution in [1.29, 1.82) is 0 Å². The highest BCUT2D eigenvalue weighted by atomic mass is 32.2. The molecule has 0 radical (unpaired) electrons. The molecule has 5 N–H and O–H groups in total. The predicted octanol–water partition coefficient (Wildman–Crippen LogP) is 1.59. The topological polar surface area (TPSA) is 213 Å². The molecule has 40 heavy (non-hydrogen) atoms. The van der Waals surface area contributed by atoms with Gasteiger partial charge in [-0.2, -0.15) is 9.97 Å². The number of aromatic nitrogens is 2. The van der Waals surface area contributed by atoms with Gasteiger partial charge >= 0.3 is 23.4 Å². The maximum absolute atomic E-state index is 12.7. The van der Waals surface area contributed by atoms with Gasteiger partial charge in [-0.1, -0.05) is 11.8 Å². The SMILES string of the molecule is CSc1nc(Oc2cc(CCN(C)C)cc(C(=O)N(C)C)c2)c([N+](=O)[O-])c(OC(CCCN=C(N)N)C(=O)O)n1. The first kappa shape index (κ1) is 32.0. The van der Waals surface area contributed by atoms with Gasteiger partial charge in [0.15, 0.2) is 17.2 Å². The number of ether oxygens (including phenoxy) is 2. The molecule has 0 aliphatic carbocycles. The number of carboxylic acid groups (broad SMARTS) is 1. The minimum absolute atomic E-state index is 0.0496. The second kappa shape index (κ2) is 14.8. The quantitative estimate of drug-likeness (QED) is 0.0521. The van der Waals surface area contributed by atoms with E-state index in [4.69, 9.17) is 20.9 Å². The van der Waals surface area contributed by atoms with Crippen molar-refractivity contribution < 1.29 is 29.1 Å². The average Bonchev–Trinajstić information content (AvgIpc) is 2.87. The number of aliphatic carboxylic acids is 1. The van der Waals surface area contributed by atoms with E-state index in [1.54, 1.807) is 32.5 Å². The number of carboxylic acids is 1. The predicted molar refractivity (Wildman–Crippen MR) is 149 cm³/mol. The molecule has 0 fully saturated rings. The molecule has 15 nitrogen and oxygen atoms in total. The molecule has 1 aromatic heterocycles. The molecule has 1 unspecified atom stereocenters. The zero-order valence-electron chi connectivity index (χ0n) is 23.0. The molecule has 0 bridgehead atoms. The normalized spacial score (nSPS) is 11.6. The number of thioether (sulfide) groups is 1. The van der Waals surface area contributed by atoms with Gasteiger partial charge in [-0.25, -0.2) is 4.79 Å². The first-order chi connectivity index (χ1) is 18.8. The molecule has 0 aliphatic heterocycles. The van der Waals surface area contributed by atoms with E-state index in [2.05, 4.69) is 15.0 Å². The molecule has 0 spiro atoms. The molecular weight excluding hydrogens is 544 g/mol. The van der Waals surface area contributed by atoms with Crippen molar-refractivity contribution in [2.45, 2.75) is 30.5 Å². The average molecular weight is 579 g/mol. The van der Waals surface area contributed by atoms with Crippen molar-refractivity contribution in [2.24, 2.45) is 16.5 Å². The highest BCUT2D eigenvalue weighted by Gasteiger charge is 2.32. The Kier molecular flexibility index (Phi) is 11.9. The van der Waals surface area contributed by atoms with Crippen LogP contribution < -0.4 is 20.9 Å². The van der Waals surface area contributed by atoms with E-state index < -0.39 is 34.4 Å². The monoisotopic (exact) mass is 578 g/mol. The van der Waals surface area contributed by atoms with Crippen LogP contribution in [0.5, 0.6) is 17.5 Å². The molecule has 0 saturated carbocycles. The molecule has 218 valence electrons. The number of nitrogens with two attached hydrogens (primary N) is 2. The Hall–Kier alpha value is -4.18. The lowest BCUT2D eigenvalue weighted by molar-refractivity contribution is -0.387. The Morgan fingerprint density at radius 2 is 1.85 bits per heavy atom. The Morgan fingerprint density at radius 3 is 2.40 bits per heavy atom. The minimum atomic E-state index is -1.48. The second-order valence-electron chi connectivity index (χ2n) is 9.04. The summed E-state index contributed by atoms with van der Waals surface area (Å²) in [4.78, 5) is 51.2. The van der Waals surface area contributed by atoms with Crippen molar-refractivity contribution in [3.63, 3.8) is 0 Å². The second-order valence-corrected chi connectivity index (χ2v) is 9.81. The summed E-state index contributed by atoms with van der Waals surface area (Å²) in [5.74, 6) is -2.68. The fourth-order valence-electron chi connectivity index (χ4n) is 3.36. The van der Waals surface area contributed by atoms with Crippen molar-refractivity contribution in [1.82, 2.24) is 19.8 Å². The number of nitrogens with zero attached hydrogens (tertiary/aromatic N) is 6. The number of nitro groups is 1. The zero-order chi connectivity index (χ0) is 30.0. The molecule has 1 heterocycles. The lowest BCUT2D eigenvalue weighted by Gasteiger charge is -2.17. The number of likely N-dealkylation sites (N-methyl/N-ethyl adjacent to an activating group) is 1. The Bertz CT molecular complexity index is 1250. The molecule has 16 heteroatoms. The van der Waals surface area contributed by atoms with Crippen LogP contribution >= 0.6 is 11.8 Å². The summed E-state index contributed by atoms with van der Waals surface area (Å²) < 4.78 is 11.4. The van der Waals surface area contributed by atoms with Crippen LogP contribution in [0.25, 0.3) is 0 Å². The van der Waals surface area contributed by atoms with Gasteiger partial charge in [0.1, 0.15) is 5.75 Å². The van der Waals surface area contributed by atoms with Crippen molar-refractivity contribution in [3.8, 4) is 17.5 Å². The summed E-state index contributed by atoms with van der Waals surface area (Å²) in [5, 5.41) is 21.8. The summed E-state index contributed by atoms with van der Waals surface area (Å²) in [6.07, 6.45) is 0.906. The van der Waals surface area contributed by atoms with Gasteiger partial charge in [0.05, 0.1) is 4.92 Å². The minimum Gasteiger partial charge on any atom is -0.479 e. The van der Waals surface area contributed by atoms with Crippen LogP contribution in [0.1, 0.15) is 28.8 Å². The van der Waals surface area contributed by atoms with E-state index in [9.17, 15) is 24.8 Å². The third kappa shape index (κ3) is 9.53. The van der Waals surface area contributed by atoms with E-state index in [0.29, 0.717) is 18.5 Å². The third-order valence-electron chi connectivity index (χ3n) is 5.29. The van der Waals surface area contributed by atoms with Gasteiger partial charge in [0.2, 0.25) is 0 Å². The van der Waals surface area contributed by atoms with E-state index in [0.717, 1.165) is 17.3 Å². The van der Waals surface area contributed by atoms with Crippen LogP contribution in [0, 0.1) is 10.1 Å². The van der Waals surface area contributed by atoms with Crippen LogP contribution in [0.2, 0.25) is 0 Å². The maximum Gasteiger partial charge on any atom is 0.392 e. The lowest BCUT2D eigenvalue weighted by Crippen LogP contribution is -2.28. The van der Waals surface area contributed by atoms with Crippen LogP contribution in [-0.2, 0) is 11.2 Å². The van der Waals surface area contributed by atoms with E-state index in [-0.39, 0.29) is 42.2 Å². The first-order valence-electron chi connectivity index (χ1n) is 12.1. The highest BCUT2D eigenvalue weighted by Crippen LogP contribution is 2.39. The van der Waals surface area contributed by atoms with Gasteiger partial charge in [0, 0.05) is 32.7 Å². The van der Waals surface area contributed by atoms with Gasteiger partial charge < -0.3 is 35.8 Å². The summed E-state index contributed by atoms with van der Waals surface area (Å²) in [6.45, 7) is 0.824. The van der Waals surface area contributed by atoms with E-state index in [1.807, 2.05) is 19.0 Å². The Labute approximate surface area is 235 Å². The van der Waals surface area contributed by atoms with Crippen molar-refractivity contribution in [2.75, 3.05) is 47.5 Å². The number of hydrogen-bond acceptors (Lipinski definition) is 11. The number of benzene rings is 1. The standard InChI is InChI=1S/C24H34N8O7S/c1-30(2)10-8-14-11-15(21(33)31(3)4)13-16(12-14)38-19-18(32(36)37)20(29-24(28-19)40-5)39-17(22(34)35)7-6-9-27-23(25)26/h11-13,17H,6-10H2,1-5H3,(H,34,35)(H4,25,26,27). The molecule has 0 saturated heterocycles. The smallest absolute Gasteiger partial charge is 0.392 e. The third-order valence-corrected chi connectivity index (χ3v) is 5.84. The number of carbonyl (C=O) groups is 2. The zero-order valence-corrected chi connectivity index (χ0v) is 23.8. The largest absolute Gasteiger partial charge is 0.479 e. The van der Waals surface area contributed by atoms with Crippen LogP contribution in [-0.4, -0.2) is 101 Å². The number of hydrogen-bond donors (Lipinski definition) is 3. The van der Waals surface area contributed by atoms with Crippen LogP contribution in [0.15, 0.2) is 28.3 Å². The number of rotatable bonds is 15. The molecule has 2 rings (SSSR count). The summed E-state index contributed by atoms with van der Waals surface area (Å²) in [6, 6.07) is 4.84. The number of amides is 1. The number of aliphatic imine (C=N–C) groups is 1. The molecule has 1 amide bonds. The molecular formula is C24H34N8O7S. The van der Waals surface area contributed by atoms with Crippen LogP contribution in [0.4, 0.5) is 5.69 Å². The van der Waals surface area contributed by atoms with E-state index in [1.165, 1.54) is 11.0 Å². The van der Waals surface area contributed by atoms with E-state index >= 15 is 0 Å². The fourth-order valence-corrected chi connectivity index (χ4v) is 3.71. The van der Waals surface area contributed by atoms with Gasteiger partial charge in [-0.15, -0.1) is 0 Å². The molecule has 2 aromatic rings. The lowest BCUT2D eigenvalue weighted by atomic mass is 10.1. The molecule has 0 aliphatic rings. The Balaban J connectivity index is 2.53. The fraction of sp³-hybridized carbons (Fsp3) is 0.458. The maximum atomic E-state index is 12.7. The first-order valence-corrected chi connectivity index (χ1v) is 13.3. The molecule has 1 atom stereocenters. The van der Waals surface area contributed by atoms with Gasteiger partial charge in [-0.3, -0.25) is 19.9 Å². The molecule has 1 aromatic carbocycles. The van der Waals surface area contributed by atoms with Crippen LogP contribution in [0.3, 0.4) is 0 Å². The van der Waals surface area contributed by atoms with Gasteiger partial charge in [0.25, 0.3) is 5.91 Å². The van der Waals surface area contributed by atoms with Crippen molar-refractivity contribution >= 4 is 35.3 Å². The summed E-state index contributed by atoms with van der Waals surface area (Å²) >= 11 is 1.05. The highest BCUT2D eigenvalue weighted by molar-refractivity contribution is 7.98. The summed E-state index contributed by atoms with van der Waals surface area (Å²) in [7, 11) is 7.03. The van der Waals surface area contributed by atoms with Crippen molar-refractivity contribution in [3.05, 3.63) is 39.4 Å². The number of guanidine groups is 1. The Morgan fingerprint density at radius 1 is 1.18 bits per heavy atom.